The minimum absolute atomic E-state index is 0.0531. The summed E-state index contributed by atoms with van der Waals surface area (Å²) in [6, 6.07) is 14.6. The van der Waals surface area contributed by atoms with E-state index >= 15 is 0 Å². The van der Waals surface area contributed by atoms with E-state index in [2.05, 4.69) is 25.9 Å². The van der Waals surface area contributed by atoms with Gasteiger partial charge in [0, 0.05) is 37.1 Å². The van der Waals surface area contributed by atoms with Gasteiger partial charge in [0.2, 0.25) is 11.9 Å². The molecule has 0 saturated heterocycles. The molecule has 0 aliphatic heterocycles. The maximum absolute atomic E-state index is 13.5. The predicted octanol–water partition coefficient (Wildman–Crippen LogP) is 3.91. The second-order valence-corrected chi connectivity index (χ2v) is 7.25. The maximum Gasteiger partial charge on any atom is 0.257 e. The van der Waals surface area contributed by atoms with Crippen LogP contribution in [0.5, 0.6) is 0 Å². The topological polar surface area (TPSA) is 95.5 Å². The summed E-state index contributed by atoms with van der Waals surface area (Å²) < 4.78 is 13.5. The van der Waals surface area contributed by atoms with Gasteiger partial charge in [0.05, 0.1) is 11.6 Å². The Morgan fingerprint density at radius 2 is 1.88 bits per heavy atom. The first-order valence-corrected chi connectivity index (χ1v) is 10.1. The molecule has 7 nitrogen and oxygen atoms in total. The highest BCUT2D eigenvalue weighted by molar-refractivity contribution is 6.31. The zero-order chi connectivity index (χ0) is 22.9. The summed E-state index contributed by atoms with van der Waals surface area (Å²) in [7, 11) is 0. The minimum Gasteiger partial charge on any atom is -0.352 e. The molecule has 9 heteroatoms. The van der Waals surface area contributed by atoms with Gasteiger partial charge in [-0.2, -0.15) is 0 Å². The van der Waals surface area contributed by atoms with Crippen LogP contribution in [0.2, 0.25) is 5.02 Å². The Kier molecular flexibility index (Phi) is 7.88. The lowest BCUT2D eigenvalue weighted by Gasteiger charge is -2.13. The van der Waals surface area contributed by atoms with Crippen molar-refractivity contribution >= 4 is 35.1 Å². The molecule has 0 saturated carbocycles. The van der Waals surface area contributed by atoms with Crippen molar-refractivity contribution in [3.63, 3.8) is 0 Å². The molecule has 0 aliphatic rings. The summed E-state index contributed by atoms with van der Waals surface area (Å²) in [5.41, 5.74) is 2.58. The number of rotatable bonds is 6. The van der Waals surface area contributed by atoms with Crippen LogP contribution in [0.3, 0.4) is 0 Å². The van der Waals surface area contributed by atoms with Crippen molar-refractivity contribution in [2.24, 2.45) is 4.99 Å². The Bertz CT molecular complexity index is 1120. The highest BCUT2D eigenvalue weighted by Gasteiger charge is 2.11. The molecule has 3 N–H and O–H groups in total. The zero-order valence-corrected chi connectivity index (χ0v) is 18.0. The molecule has 2 amide bonds. The van der Waals surface area contributed by atoms with Crippen LogP contribution in [-0.2, 0) is 17.9 Å². The second kappa shape index (κ2) is 11.0. The summed E-state index contributed by atoms with van der Waals surface area (Å²) in [4.78, 5) is 32.3. The number of anilines is 1. The first kappa shape index (κ1) is 22.9. The van der Waals surface area contributed by atoms with Crippen molar-refractivity contribution in [1.82, 2.24) is 15.6 Å². The summed E-state index contributed by atoms with van der Waals surface area (Å²) in [6.07, 6.45) is 3.33. The standard InChI is InChI=1S/C23H21ClFN5O2/c1-15(31)27-13-16-4-6-18(7-5-16)22(32)30-23(28-14-17-3-2-10-26-12-17)29-19-8-9-21(25)20(24)11-19/h2-12H,13-14H2,1H3,(H,27,31)(H2,28,29,30,32). The number of aliphatic imine (C=N–C) groups is 1. The minimum atomic E-state index is -0.547. The molecule has 1 heterocycles. The normalized spacial score (nSPS) is 11.0. The van der Waals surface area contributed by atoms with Crippen molar-refractivity contribution in [3.05, 3.63) is 94.5 Å². The molecule has 0 fully saturated rings. The van der Waals surface area contributed by atoms with Gasteiger partial charge >= 0.3 is 0 Å². The molecule has 0 bridgehead atoms. The van der Waals surface area contributed by atoms with Crippen LogP contribution in [0.1, 0.15) is 28.4 Å². The number of hydrogen-bond donors (Lipinski definition) is 3. The van der Waals surface area contributed by atoms with Crippen LogP contribution in [0.25, 0.3) is 0 Å². The van der Waals surface area contributed by atoms with Gasteiger partial charge in [0.1, 0.15) is 5.82 Å². The van der Waals surface area contributed by atoms with E-state index in [1.807, 2.05) is 6.07 Å². The number of benzene rings is 2. The van der Waals surface area contributed by atoms with E-state index < -0.39 is 5.82 Å². The van der Waals surface area contributed by atoms with Crippen molar-refractivity contribution < 1.29 is 14.0 Å². The van der Waals surface area contributed by atoms with E-state index in [1.54, 1.807) is 42.7 Å². The van der Waals surface area contributed by atoms with Crippen LogP contribution in [0, 0.1) is 5.82 Å². The molecule has 0 spiro atoms. The Morgan fingerprint density at radius 3 is 2.53 bits per heavy atom. The van der Waals surface area contributed by atoms with Gasteiger partial charge < -0.3 is 10.6 Å². The molecule has 3 aromatic rings. The Hall–Kier alpha value is -3.78. The average Bonchev–Trinajstić information content (AvgIpc) is 2.79. The van der Waals surface area contributed by atoms with Crippen molar-refractivity contribution in [2.75, 3.05) is 5.32 Å². The number of guanidine groups is 1. The first-order valence-electron chi connectivity index (χ1n) is 9.71. The lowest BCUT2D eigenvalue weighted by atomic mass is 10.1. The molecular weight excluding hydrogens is 433 g/mol. The summed E-state index contributed by atoms with van der Waals surface area (Å²) >= 11 is 5.86. The molecule has 0 aliphatic carbocycles. The van der Waals surface area contributed by atoms with Gasteiger partial charge in [-0.25, -0.2) is 9.38 Å². The second-order valence-electron chi connectivity index (χ2n) is 6.84. The molecule has 2 aromatic carbocycles. The first-order chi connectivity index (χ1) is 15.4. The van der Waals surface area contributed by atoms with Crippen LogP contribution >= 0.6 is 11.6 Å². The van der Waals surface area contributed by atoms with Gasteiger partial charge in [-0.15, -0.1) is 0 Å². The molecule has 1 aromatic heterocycles. The molecule has 32 heavy (non-hydrogen) atoms. The zero-order valence-electron chi connectivity index (χ0n) is 17.2. The predicted molar refractivity (Wildman–Crippen MR) is 122 cm³/mol. The molecule has 0 atom stereocenters. The Morgan fingerprint density at radius 1 is 1.09 bits per heavy atom. The van der Waals surface area contributed by atoms with Crippen molar-refractivity contribution in [2.45, 2.75) is 20.0 Å². The van der Waals surface area contributed by atoms with Crippen LogP contribution in [0.4, 0.5) is 10.1 Å². The highest BCUT2D eigenvalue weighted by atomic mass is 35.5. The SMILES string of the molecule is CC(=O)NCc1ccc(C(=O)NC(=NCc2cccnc2)Nc2ccc(F)c(Cl)c2)cc1. The fourth-order valence-electron chi connectivity index (χ4n) is 2.66. The fraction of sp³-hybridized carbons (Fsp3) is 0.130. The largest absolute Gasteiger partial charge is 0.352 e. The molecule has 0 radical (unpaired) electrons. The van der Waals surface area contributed by atoms with Gasteiger partial charge in [0.25, 0.3) is 5.91 Å². The maximum atomic E-state index is 13.5. The number of carbonyl (C=O) groups excluding carboxylic acids is 2. The number of aromatic nitrogens is 1. The molecule has 164 valence electrons. The monoisotopic (exact) mass is 453 g/mol. The van der Waals surface area contributed by atoms with E-state index in [4.69, 9.17) is 11.6 Å². The van der Waals surface area contributed by atoms with E-state index in [0.29, 0.717) is 17.8 Å². The summed E-state index contributed by atoms with van der Waals surface area (Å²) in [5.74, 6) is -0.895. The van der Waals surface area contributed by atoms with E-state index in [0.717, 1.165) is 11.1 Å². The summed E-state index contributed by atoms with van der Waals surface area (Å²) in [5, 5.41) is 8.34. The molecule has 0 unspecified atom stereocenters. The van der Waals surface area contributed by atoms with Crippen molar-refractivity contribution in [1.29, 1.82) is 0 Å². The number of carbonyl (C=O) groups is 2. The van der Waals surface area contributed by atoms with E-state index in [9.17, 15) is 14.0 Å². The number of nitrogens with zero attached hydrogens (tertiary/aromatic N) is 2. The Labute approximate surface area is 189 Å². The Balaban J connectivity index is 1.75. The van der Waals surface area contributed by atoms with Crippen LogP contribution in [-0.4, -0.2) is 22.8 Å². The van der Waals surface area contributed by atoms with Gasteiger partial charge in [-0.3, -0.25) is 19.9 Å². The van der Waals surface area contributed by atoms with Crippen LogP contribution < -0.4 is 16.0 Å². The van der Waals surface area contributed by atoms with E-state index in [-0.39, 0.29) is 29.3 Å². The lowest BCUT2D eigenvalue weighted by Crippen LogP contribution is -2.36. The number of amides is 2. The third kappa shape index (κ3) is 6.88. The number of hydrogen-bond acceptors (Lipinski definition) is 4. The average molecular weight is 454 g/mol. The third-order valence-corrected chi connectivity index (χ3v) is 4.60. The van der Waals surface area contributed by atoms with Crippen molar-refractivity contribution in [3.8, 4) is 0 Å². The van der Waals surface area contributed by atoms with Gasteiger partial charge in [-0.1, -0.05) is 29.8 Å². The van der Waals surface area contributed by atoms with Gasteiger partial charge in [0.15, 0.2) is 0 Å². The quantitative estimate of drug-likeness (QED) is 0.389. The molecular formula is C23H21ClFN5O2. The lowest BCUT2D eigenvalue weighted by molar-refractivity contribution is -0.119. The number of halogens is 2. The number of pyridine rings is 1. The summed E-state index contributed by atoms with van der Waals surface area (Å²) in [6.45, 7) is 2.08. The third-order valence-electron chi connectivity index (χ3n) is 4.31. The smallest absolute Gasteiger partial charge is 0.257 e. The molecule has 3 rings (SSSR count). The van der Waals surface area contributed by atoms with Crippen LogP contribution in [0.15, 0.2) is 72.0 Å². The van der Waals surface area contributed by atoms with E-state index in [1.165, 1.54) is 25.1 Å². The number of nitrogens with one attached hydrogen (secondary N) is 3. The van der Waals surface area contributed by atoms with Gasteiger partial charge in [-0.05, 0) is 47.5 Å². The fourth-order valence-corrected chi connectivity index (χ4v) is 2.84. The highest BCUT2D eigenvalue weighted by Crippen LogP contribution is 2.19.